The van der Waals surface area contributed by atoms with Gasteiger partial charge >= 0.3 is 6.01 Å². The molecule has 3 aliphatic heterocycles. The van der Waals surface area contributed by atoms with Crippen molar-refractivity contribution in [1.82, 2.24) is 24.9 Å². The summed E-state index contributed by atoms with van der Waals surface area (Å²) in [6, 6.07) is 17.0. The Labute approximate surface area is 211 Å². The topological polar surface area (TPSA) is 136 Å². The summed E-state index contributed by atoms with van der Waals surface area (Å²) in [5, 5.41) is 13.6. The number of ether oxygens (including phenoxy) is 5. The summed E-state index contributed by atoms with van der Waals surface area (Å²) < 4.78 is 59.2. The second-order valence-corrected chi connectivity index (χ2v) is 10.6. The van der Waals surface area contributed by atoms with E-state index in [1.807, 2.05) is 24.3 Å². The standard InChI is InChI=1S/C24H21N5O7S/c30-37(31,17-7-5-14-3-1-2-4-15(14)9-17)26-18-11-32-23-19(12-33-22(18)23)29-24(25-27-28-29)36-16-6-8-20-21(10-16)35-13-34-20/h1-10,18-19,22-23,26H,11-13H2/t18-,19-,22+,23+/m0/s1. The van der Waals surface area contributed by atoms with Gasteiger partial charge in [0.15, 0.2) is 11.5 Å². The summed E-state index contributed by atoms with van der Waals surface area (Å²) in [6.45, 7) is 0.535. The molecule has 12 nitrogen and oxygen atoms in total. The molecule has 3 aliphatic rings. The van der Waals surface area contributed by atoms with Crippen LogP contribution in [0, 0.1) is 0 Å². The fraction of sp³-hybridized carbons (Fsp3) is 0.292. The van der Waals surface area contributed by atoms with Crippen molar-refractivity contribution < 1.29 is 32.1 Å². The van der Waals surface area contributed by atoms with E-state index in [2.05, 4.69) is 20.2 Å². The number of nitrogens with one attached hydrogen (secondary N) is 1. The summed E-state index contributed by atoms with van der Waals surface area (Å²) >= 11 is 0. The summed E-state index contributed by atoms with van der Waals surface area (Å²) in [4.78, 5) is 0.184. The van der Waals surface area contributed by atoms with Crippen molar-refractivity contribution in [2.24, 2.45) is 0 Å². The van der Waals surface area contributed by atoms with Gasteiger partial charge in [-0.25, -0.2) is 13.1 Å². The van der Waals surface area contributed by atoms with Gasteiger partial charge in [-0.2, -0.15) is 4.68 Å². The molecule has 0 aliphatic carbocycles. The van der Waals surface area contributed by atoms with E-state index in [1.54, 1.807) is 36.4 Å². The Morgan fingerprint density at radius 2 is 1.76 bits per heavy atom. The lowest BCUT2D eigenvalue weighted by molar-refractivity contribution is 0.0615. The Kier molecular flexibility index (Phi) is 5.25. The van der Waals surface area contributed by atoms with Crippen LogP contribution in [0.25, 0.3) is 10.8 Å². The van der Waals surface area contributed by atoms with Gasteiger partial charge in [0.05, 0.1) is 24.2 Å². The van der Waals surface area contributed by atoms with Crippen LogP contribution < -0.4 is 18.9 Å². The highest BCUT2D eigenvalue weighted by atomic mass is 32.2. The highest BCUT2D eigenvalue weighted by Gasteiger charge is 2.51. The van der Waals surface area contributed by atoms with Gasteiger partial charge in [-0.05, 0) is 45.5 Å². The minimum absolute atomic E-state index is 0.150. The highest BCUT2D eigenvalue weighted by molar-refractivity contribution is 7.89. The lowest BCUT2D eigenvalue weighted by Gasteiger charge is -2.18. The molecule has 13 heteroatoms. The Hall–Kier alpha value is -3.78. The first-order chi connectivity index (χ1) is 18.0. The smallest absolute Gasteiger partial charge is 0.341 e. The average molecular weight is 524 g/mol. The summed E-state index contributed by atoms with van der Waals surface area (Å²) in [5.41, 5.74) is 0. The SMILES string of the molecule is O=S(=O)(N[C@H]1CO[C@H]2[C@@H]1OC[C@@H]2n1nnnc1Oc1ccc2c(c1)OCO2)c1ccc2ccccc2c1. The van der Waals surface area contributed by atoms with Crippen molar-refractivity contribution in [3.63, 3.8) is 0 Å². The molecule has 1 N–H and O–H groups in total. The van der Waals surface area contributed by atoms with Crippen molar-refractivity contribution in [1.29, 1.82) is 0 Å². The maximum atomic E-state index is 13.2. The van der Waals surface area contributed by atoms with E-state index in [-0.39, 0.29) is 30.9 Å². The van der Waals surface area contributed by atoms with Gasteiger partial charge < -0.3 is 23.7 Å². The number of rotatable bonds is 6. The maximum absolute atomic E-state index is 13.2. The fourth-order valence-corrected chi connectivity index (χ4v) is 6.16. The Bertz CT molecular complexity index is 1590. The van der Waals surface area contributed by atoms with Crippen LogP contribution >= 0.6 is 0 Å². The zero-order valence-electron chi connectivity index (χ0n) is 19.3. The van der Waals surface area contributed by atoms with Crippen LogP contribution in [0.1, 0.15) is 6.04 Å². The first-order valence-corrected chi connectivity index (χ1v) is 13.1. The Morgan fingerprint density at radius 3 is 2.68 bits per heavy atom. The number of hydrogen-bond acceptors (Lipinski definition) is 10. The normalized spacial score (nSPS) is 24.4. The number of hydrogen-bond donors (Lipinski definition) is 1. The molecule has 0 radical (unpaired) electrons. The van der Waals surface area contributed by atoms with E-state index in [0.29, 0.717) is 17.2 Å². The van der Waals surface area contributed by atoms with Crippen molar-refractivity contribution in [3.8, 4) is 23.3 Å². The minimum atomic E-state index is -3.80. The van der Waals surface area contributed by atoms with Gasteiger partial charge in [-0.3, -0.25) is 0 Å². The summed E-state index contributed by atoms with van der Waals surface area (Å²) in [5.74, 6) is 1.68. The number of nitrogens with zero attached hydrogens (tertiary/aromatic N) is 4. The second-order valence-electron chi connectivity index (χ2n) is 8.92. The van der Waals surface area contributed by atoms with E-state index >= 15 is 0 Å². The molecule has 0 bridgehead atoms. The molecule has 2 fully saturated rings. The average Bonchev–Trinajstić information content (AvgIpc) is 3.69. The molecule has 0 spiro atoms. The quantitative estimate of drug-likeness (QED) is 0.400. The van der Waals surface area contributed by atoms with Crippen LogP contribution in [-0.2, 0) is 19.5 Å². The molecule has 37 heavy (non-hydrogen) atoms. The summed E-state index contributed by atoms with van der Waals surface area (Å²) in [7, 11) is -3.80. The fourth-order valence-electron chi connectivity index (χ4n) is 4.90. The van der Waals surface area contributed by atoms with Crippen LogP contribution in [-0.4, -0.2) is 66.9 Å². The molecule has 4 aromatic rings. The van der Waals surface area contributed by atoms with Crippen LogP contribution in [0.15, 0.2) is 65.6 Å². The van der Waals surface area contributed by atoms with Crippen molar-refractivity contribution in [2.75, 3.05) is 20.0 Å². The van der Waals surface area contributed by atoms with Gasteiger partial charge in [-0.15, -0.1) is 0 Å². The van der Waals surface area contributed by atoms with Gasteiger partial charge in [0.25, 0.3) is 0 Å². The third-order valence-electron chi connectivity index (χ3n) is 6.69. The lowest BCUT2D eigenvalue weighted by atomic mass is 10.1. The predicted octanol–water partition coefficient (Wildman–Crippen LogP) is 2.03. The van der Waals surface area contributed by atoms with E-state index in [9.17, 15) is 8.42 Å². The molecule has 4 heterocycles. The number of aromatic nitrogens is 4. The van der Waals surface area contributed by atoms with Gasteiger partial charge in [0.1, 0.15) is 24.0 Å². The molecule has 0 saturated carbocycles. The molecule has 0 unspecified atom stereocenters. The summed E-state index contributed by atoms with van der Waals surface area (Å²) in [6.07, 6.45) is -0.977. The van der Waals surface area contributed by atoms with E-state index < -0.39 is 34.3 Å². The lowest BCUT2D eigenvalue weighted by Crippen LogP contribution is -2.44. The van der Waals surface area contributed by atoms with Crippen molar-refractivity contribution in [2.45, 2.75) is 29.2 Å². The van der Waals surface area contributed by atoms with Crippen LogP contribution in [0.4, 0.5) is 0 Å². The molecular formula is C24H21N5O7S. The Balaban J connectivity index is 1.08. The molecular weight excluding hydrogens is 502 g/mol. The number of tetrazole rings is 1. The molecule has 1 aromatic heterocycles. The molecule has 190 valence electrons. The van der Waals surface area contributed by atoms with Crippen molar-refractivity contribution in [3.05, 3.63) is 60.7 Å². The van der Waals surface area contributed by atoms with E-state index in [0.717, 1.165) is 10.8 Å². The van der Waals surface area contributed by atoms with Gasteiger partial charge in [0.2, 0.25) is 16.8 Å². The maximum Gasteiger partial charge on any atom is 0.341 e. The third kappa shape index (κ3) is 3.96. The predicted molar refractivity (Wildman–Crippen MR) is 127 cm³/mol. The number of fused-ring (bicyclic) bond motifs is 3. The van der Waals surface area contributed by atoms with Crippen LogP contribution in [0.3, 0.4) is 0 Å². The molecule has 0 amide bonds. The highest BCUT2D eigenvalue weighted by Crippen LogP contribution is 2.39. The third-order valence-corrected chi connectivity index (χ3v) is 8.18. The van der Waals surface area contributed by atoms with Crippen LogP contribution in [0.2, 0.25) is 0 Å². The Morgan fingerprint density at radius 1 is 0.919 bits per heavy atom. The van der Waals surface area contributed by atoms with Crippen LogP contribution in [0.5, 0.6) is 23.3 Å². The van der Waals surface area contributed by atoms with Gasteiger partial charge in [-0.1, -0.05) is 35.4 Å². The first kappa shape index (κ1) is 22.4. The zero-order valence-corrected chi connectivity index (χ0v) is 20.1. The van der Waals surface area contributed by atoms with E-state index in [4.69, 9.17) is 23.7 Å². The van der Waals surface area contributed by atoms with Gasteiger partial charge in [0, 0.05) is 6.07 Å². The first-order valence-electron chi connectivity index (χ1n) is 11.6. The molecule has 4 atom stereocenters. The van der Waals surface area contributed by atoms with E-state index in [1.165, 1.54) is 4.68 Å². The second kappa shape index (κ2) is 8.66. The number of benzene rings is 3. The molecule has 2 saturated heterocycles. The minimum Gasteiger partial charge on any atom is -0.454 e. The monoisotopic (exact) mass is 523 g/mol. The largest absolute Gasteiger partial charge is 0.454 e. The molecule has 7 rings (SSSR count). The molecule has 3 aromatic carbocycles. The van der Waals surface area contributed by atoms with Crippen molar-refractivity contribution >= 4 is 20.8 Å². The number of sulfonamides is 1. The zero-order chi connectivity index (χ0) is 25.0.